The van der Waals surface area contributed by atoms with E-state index >= 15 is 0 Å². The second-order valence-corrected chi connectivity index (χ2v) is 6.86. The van der Waals surface area contributed by atoms with Crippen LogP contribution in [0.25, 0.3) is 0 Å². The van der Waals surface area contributed by atoms with Gasteiger partial charge in [0.2, 0.25) is 0 Å². The topological polar surface area (TPSA) is 72.9 Å². The van der Waals surface area contributed by atoms with Crippen LogP contribution < -0.4 is 5.32 Å². The Bertz CT molecular complexity index is 374. The summed E-state index contributed by atoms with van der Waals surface area (Å²) in [5.74, 6) is 0.0858. The van der Waals surface area contributed by atoms with E-state index in [0.29, 0.717) is 18.2 Å². The molecule has 2 amide bonds. The second kappa shape index (κ2) is 6.67. The molecule has 0 aromatic carbocycles. The second-order valence-electron chi connectivity index (χ2n) is 5.71. The standard InChI is InChI=1S/C13H23N3O3S/c1-15(2)7-3-6-14-13(19)16-10(12(17)18)8-20-11(16)9-4-5-9/h9-11H,3-8H2,1-2H3,(H,14,19)(H,17,18). The summed E-state index contributed by atoms with van der Waals surface area (Å²) in [6, 6.07) is -0.905. The van der Waals surface area contributed by atoms with Crippen molar-refractivity contribution in [2.24, 2.45) is 5.92 Å². The minimum atomic E-state index is -0.899. The molecule has 1 saturated carbocycles. The fourth-order valence-electron chi connectivity index (χ4n) is 2.40. The predicted molar refractivity (Wildman–Crippen MR) is 78.8 cm³/mol. The van der Waals surface area contributed by atoms with E-state index < -0.39 is 12.0 Å². The highest BCUT2D eigenvalue weighted by molar-refractivity contribution is 8.00. The Morgan fingerprint density at radius 3 is 2.65 bits per heavy atom. The molecule has 0 spiro atoms. The van der Waals surface area contributed by atoms with Crippen LogP contribution in [-0.4, -0.2) is 71.3 Å². The molecule has 1 aliphatic heterocycles. The Labute approximate surface area is 123 Å². The van der Waals surface area contributed by atoms with E-state index in [1.54, 1.807) is 16.7 Å². The van der Waals surface area contributed by atoms with Gasteiger partial charge in [0.15, 0.2) is 0 Å². The summed E-state index contributed by atoms with van der Waals surface area (Å²) in [7, 11) is 3.98. The number of nitrogens with zero attached hydrogens (tertiary/aromatic N) is 2. The summed E-state index contributed by atoms with van der Waals surface area (Å²) < 4.78 is 0. The average molecular weight is 301 g/mol. The maximum Gasteiger partial charge on any atom is 0.327 e. The van der Waals surface area contributed by atoms with Crippen LogP contribution in [0, 0.1) is 5.92 Å². The zero-order chi connectivity index (χ0) is 14.7. The minimum absolute atomic E-state index is 0.0462. The van der Waals surface area contributed by atoms with E-state index in [1.807, 2.05) is 14.1 Å². The molecule has 2 atom stereocenters. The quantitative estimate of drug-likeness (QED) is 0.713. The van der Waals surface area contributed by atoms with Gasteiger partial charge in [-0.1, -0.05) is 0 Å². The van der Waals surface area contributed by atoms with Crippen molar-refractivity contribution >= 4 is 23.8 Å². The summed E-state index contributed by atoms with van der Waals surface area (Å²) >= 11 is 1.61. The van der Waals surface area contributed by atoms with Gasteiger partial charge in [0.05, 0.1) is 5.37 Å². The number of hydrogen-bond donors (Lipinski definition) is 2. The van der Waals surface area contributed by atoms with Gasteiger partial charge in [0.25, 0.3) is 0 Å². The number of carboxylic acids is 1. The molecule has 6 nitrogen and oxygen atoms in total. The number of hydrogen-bond acceptors (Lipinski definition) is 4. The summed E-state index contributed by atoms with van der Waals surface area (Å²) in [5, 5.41) is 12.2. The summed E-state index contributed by atoms with van der Waals surface area (Å²) in [5.41, 5.74) is 0. The zero-order valence-electron chi connectivity index (χ0n) is 12.0. The Morgan fingerprint density at radius 2 is 2.10 bits per heavy atom. The predicted octanol–water partition coefficient (Wildman–Crippen LogP) is 0.886. The molecule has 2 aliphatic rings. The van der Waals surface area contributed by atoms with Crippen molar-refractivity contribution in [2.75, 3.05) is 32.9 Å². The minimum Gasteiger partial charge on any atom is -0.480 e. The van der Waals surface area contributed by atoms with Crippen molar-refractivity contribution < 1.29 is 14.7 Å². The third-order valence-corrected chi connectivity index (χ3v) is 5.10. The van der Waals surface area contributed by atoms with E-state index in [2.05, 4.69) is 10.2 Å². The van der Waals surface area contributed by atoms with Gasteiger partial charge in [-0.25, -0.2) is 9.59 Å². The highest BCUT2D eigenvalue weighted by Gasteiger charge is 2.47. The fraction of sp³-hybridized carbons (Fsp3) is 0.846. The first-order valence-electron chi connectivity index (χ1n) is 7.06. The van der Waals surface area contributed by atoms with Gasteiger partial charge in [-0.2, -0.15) is 0 Å². The molecule has 2 unspecified atom stereocenters. The summed E-state index contributed by atoms with van der Waals surface area (Å²) in [4.78, 5) is 27.2. The number of carbonyl (C=O) groups is 2. The number of nitrogens with one attached hydrogen (secondary N) is 1. The Hall–Kier alpha value is -0.950. The van der Waals surface area contributed by atoms with Gasteiger partial charge < -0.3 is 15.3 Å². The van der Waals surface area contributed by atoms with Crippen LogP contribution >= 0.6 is 11.8 Å². The fourth-order valence-corrected chi connectivity index (χ4v) is 4.03. The number of urea groups is 1. The maximum atomic E-state index is 12.3. The van der Waals surface area contributed by atoms with E-state index in [9.17, 15) is 14.7 Å². The van der Waals surface area contributed by atoms with Gasteiger partial charge in [-0.15, -0.1) is 11.8 Å². The number of carboxylic acid groups (broad SMARTS) is 1. The van der Waals surface area contributed by atoms with Crippen LogP contribution in [-0.2, 0) is 4.79 Å². The number of carbonyl (C=O) groups excluding carboxylic acids is 1. The number of rotatable bonds is 6. The van der Waals surface area contributed by atoms with Crippen molar-refractivity contribution in [2.45, 2.75) is 30.7 Å². The SMILES string of the molecule is CN(C)CCCNC(=O)N1C(C(=O)O)CSC1C1CC1. The normalized spacial score (nSPS) is 26.1. The molecule has 2 rings (SSSR count). The molecular formula is C13H23N3O3S. The van der Waals surface area contributed by atoms with Gasteiger partial charge >= 0.3 is 12.0 Å². The van der Waals surface area contributed by atoms with Crippen molar-refractivity contribution in [3.63, 3.8) is 0 Å². The highest BCUT2D eigenvalue weighted by Crippen LogP contribution is 2.45. The molecule has 0 aromatic heterocycles. The Morgan fingerprint density at radius 1 is 1.40 bits per heavy atom. The van der Waals surface area contributed by atoms with Crippen LogP contribution in [0.3, 0.4) is 0 Å². The van der Waals surface area contributed by atoms with E-state index in [0.717, 1.165) is 25.8 Å². The lowest BCUT2D eigenvalue weighted by molar-refractivity contribution is -0.141. The molecule has 2 N–H and O–H groups in total. The van der Waals surface area contributed by atoms with Gasteiger partial charge in [0.1, 0.15) is 6.04 Å². The lowest BCUT2D eigenvalue weighted by atomic mass is 10.2. The Balaban J connectivity index is 1.88. The molecule has 114 valence electrons. The largest absolute Gasteiger partial charge is 0.480 e. The monoisotopic (exact) mass is 301 g/mol. The van der Waals surface area contributed by atoms with Crippen molar-refractivity contribution in [1.29, 1.82) is 0 Å². The summed E-state index contributed by atoms with van der Waals surface area (Å²) in [6.45, 7) is 1.49. The van der Waals surface area contributed by atoms with E-state index in [1.165, 1.54) is 0 Å². The van der Waals surface area contributed by atoms with E-state index in [-0.39, 0.29) is 11.4 Å². The molecule has 7 heteroatoms. The van der Waals surface area contributed by atoms with Crippen LogP contribution in [0.5, 0.6) is 0 Å². The molecule has 0 radical (unpaired) electrons. The lowest BCUT2D eigenvalue weighted by Crippen LogP contribution is -2.51. The van der Waals surface area contributed by atoms with Crippen LogP contribution in [0.4, 0.5) is 4.79 Å². The highest BCUT2D eigenvalue weighted by atomic mass is 32.2. The molecule has 1 heterocycles. The Kier molecular flexibility index (Phi) is 5.15. The molecule has 2 fully saturated rings. The van der Waals surface area contributed by atoms with Crippen molar-refractivity contribution in [3.05, 3.63) is 0 Å². The number of thioether (sulfide) groups is 1. The molecule has 1 aliphatic carbocycles. The third kappa shape index (κ3) is 3.79. The first-order chi connectivity index (χ1) is 9.50. The maximum absolute atomic E-state index is 12.3. The molecular weight excluding hydrogens is 278 g/mol. The van der Waals surface area contributed by atoms with Crippen LogP contribution in [0.2, 0.25) is 0 Å². The van der Waals surface area contributed by atoms with Crippen molar-refractivity contribution in [3.8, 4) is 0 Å². The van der Waals surface area contributed by atoms with Gasteiger partial charge in [0, 0.05) is 12.3 Å². The molecule has 0 aromatic rings. The first-order valence-corrected chi connectivity index (χ1v) is 8.11. The molecule has 1 saturated heterocycles. The molecule has 0 bridgehead atoms. The number of amides is 2. The van der Waals surface area contributed by atoms with Crippen LogP contribution in [0.1, 0.15) is 19.3 Å². The number of aliphatic carboxylic acids is 1. The molecule has 20 heavy (non-hydrogen) atoms. The van der Waals surface area contributed by atoms with Gasteiger partial charge in [-0.3, -0.25) is 4.90 Å². The summed E-state index contributed by atoms with van der Waals surface area (Å²) in [6.07, 6.45) is 3.08. The first kappa shape index (κ1) is 15.4. The van der Waals surface area contributed by atoms with Gasteiger partial charge in [-0.05, 0) is 45.8 Å². The van der Waals surface area contributed by atoms with Crippen molar-refractivity contribution in [1.82, 2.24) is 15.1 Å². The smallest absolute Gasteiger partial charge is 0.327 e. The average Bonchev–Trinajstić information content (AvgIpc) is 3.12. The van der Waals surface area contributed by atoms with E-state index in [4.69, 9.17) is 0 Å². The third-order valence-electron chi connectivity index (χ3n) is 3.64. The lowest BCUT2D eigenvalue weighted by Gasteiger charge is -2.27. The zero-order valence-corrected chi connectivity index (χ0v) is 12.9. The van der Waals surface area contributed by atoms with Crippen LogP contribution in [0.15, 0.2) is 0 Å².